The summed E-state index contributed by atoms with van der Waals surface area (Å²) in [6.07, 6.45) is 3.92. The van der Waals surface area contributed by atoms with Crippen molar-refractivity contribution in [2.45, 2.75) is 46.1 Å². The molecule has 4 nitrogen and oxygen atoms in total. The van der Waals surface area contributed by atoms with Crippen molar-refractivity contribution in [3.63, 3.8) is 0 Å². The van der Waals surface area contributed by atoms with E-state index in [9.17, 15) is 0 Å². The molecule has 94 valence electrons. The van der Waals surface area contributed by atoms with Gasteiger partial charge in [0.05, 0.1) is 0 Å². The van der Waals surface area contributed by atoms with E-state index in [-0.39, 0.29) is 0 Å². The Hall–Kier alpha value is -1.32. The van der Waals surface area contributed by atoms with E-state index < -0.39 is 0 Å². The molecule has 0 bridgehead atoms. The van der Waals surface area contributed by atoms with Crippen LogP contribution in [-0.2, 0) is 0 Å². The van der Waals surface area contributed by atoms with Crippen LogP contribution < -0.4 is 10.2 Å². The molecule has 0 atom stereocenters. The third kappa shape index (κ3) is 2.35. The first-order chi connectivity index (χ1) is 8.13. The lowest BCUT2D eigenvalue weighted by atomic mass is 9.92. The number of nitrogens with one attached hydrogen (secondary N) is 1. The molecule has 0 aliphatic heterocycles. The van der Waals surface area contributed by atoms with Gasteiger partial charge < -0.3 is 10.2 Å². The van der Waals surface area contributed by atoms with E-state index >= 15 is 0 Å². The summed E-state index contributed by atoms with van der Waals surface area (Å²) in [6, 6.07) is 0.664. The van der Waals surface area contributed by atoms with Crippen molar-refractivity contribution >= 4 is 11.6 Å². The van der Waals surface area contributed by atoms with E-state index in [1.165, 1.54) is 19.3 Å². The largest absolute Gasteiger partial charge is 0.370 e. The Balaban J connectivity index is 2.31. The van der Waals surface area contributed by atoms with Gasteiger partial charge in [-0.1, -0.05) is 0 Å². The monoisotopic (exact) mass is 234 g/mol. The summed E-state index contributed by atoms with van der Waals surface area (Å²) >= 11 is 0. The van der Waals surface area contributed by atoms with Gasteiger partial charge in [0.15, 0.2) is 0 Å². The summed E-state index contributed by atoms with van der Waals surface area (Å²) in [5.41, 5.74) is 1.16. The molecule has 1 heterocycles. The van der Waals surface area contributed by atoms with Crippen molar-refractivity contribution in [3.05, 3.63) is 11.4 Å². The molecule has 4 heteroatoms. The molecule has 0 saturated heterocycles. The van der Waals surface area contributed by atoms with Crippen molar-refractivity contribution in [1.82, 2.24) is 9.97 Å². The van der Waals surface area contributed by atoms with Crippen molar-refractivity contribution in [2.75, 3.05) is 23.8 Å². The van der Waals surface area contributed by atoms with Crippen LogP contribution in [0.1, 0.15) is 37.6 Å². The second-order valence-electron chi connectivity index (χ2n) is 4.79. The summed E-state index contributed by atoms with van der Waals surface area (Å²) in [6.45, 7) is 7.04. The van der Waals surface area contributed by atoms with Gasteiger partial charge in [-0.25, -0.2) is 9.97 Å². The van der Waals surface area contributed by atoms with Crippen molar-refractivity contribution in [1.29, 1.82) is 0 Å². The molecule has 0 unspecified atom stereocenters. The second kappa shape index (κ2) is 4.90. The average molecular weight is 234 g/mol. The fraction of sp³-hybridized carbons (Fsp3) is 0.692. The highest BCUT2D eigenvalue weighted by atomic mass is 15.2. The lowest BCUT2D eigenvalue weighted by Gasteiger charge is -2.36. The van der Waals surface area contributed by atoms with Crippen molar-refractivity contribution in [3.8, 4) is 0 Å². The molecule has 17 heavy (non-hydrogen) atoms. The lowest BCUT2D eigenvalue weighted by Crippen LogP contribution is -2.38. The van der Waals surface area contributed by atoms with Gasteiger partial charge in [-0.3, -0.25) is 0 Å². The standard InChI is InChI=1S/C13H22N4/c1-5-14-12-9(2)13(16-10(3)15-12)17(4)11-7-6-8-11/h11H,5-8H2,1-4H3,(H,14,15,16). The van der Waals surface area contributed by atoms with Crippen LogP contribution in [0.5, 0.6) is 0 Å². The first kappa shape index (κ1) is 12.1. The minimum Gasteiger partial charge on any atom is -0.370 e. The molecular formula is C13H22N4. The maximum absolute atomic E-state index is 4.59. The zero-order chi connectivity index (χ0) is 12.4. The quantitative estimate of drug-likeness (QED) is 0.869. The summed E-state index contributed by atoms with van der Waals surface area (Å²) in [4.78, 5) is 11.4. The molecule has 1 N–H and O–H groups in total. The van der Waals surface area contributed by atoms with Crippen LogP contribution in [0.4, 0.5) is 11.6 Å². The Morgan fingerprint density at radius 3 is 2.53 bits per heavy atom. The smallest absolute Gasteiger partial charge is 0.137 e. The fourth-order valence-corrected chi connectivity index (χ4v) is 2.24. The third-order valence-electron chi connectivity index (χ3n) is 3.53. The number of hydrogen-bond donors (Lipinski definition) is 1. The summed E-state index contributed by atoms with van der Waals surface area (Å²) in [5.74, 6) is 2.90. The lowest BCUT2D eigenvalue weighted by molar-refractivity contribution is 0.398. The van der Waals surface area contributed by atoms with Crippen LogP contribution in [-0.4, -0.2) is 29.6 Å². The Bertz CT molecular complexity index is 399. The molecule has 1 aliphatic carbocycles. The molecule has 2 rings (SSSR count). The molecule has 1 fully saturated rings. The number of rotatable bonds is 4. The highest BCUT2D eigenvalue weighted by Crippen LogP contribution is 2.30. The molecule has 1 aromatic heterocycles. The Kier molecular flexibility index (Phi) is 3.50. The van der Waals surface area contributed by atoms with Crippen molar-refractivity contribution < 1.29 is 0 Å². The maximum atomic E-state index is 4.59. The number of hydrogen-bond acceptors (Lipinski definition) is 4. The van der Waals surface area contributed by atoms with Crippen LogP contribution in [0.3, 0.4) is 0 Å². The first-order valence-electron chi connectivity index (χ1n) is 6.45. The zero-order valence-corrected chi connectivity index (χ0v) is 11.2. The summed E-state index contributed by atoms with van der Waals surface area (Å²) in [7, 11) is 2.15. The Labute approximate surface area is 103 Å². The minimum absolute atomic E-state index is 0.664. The minimum atomic E-state index is 0.664. The summed E-state index contributed by atoms with van der Waals surface area (Å²) < 4.78 is 0. The number of anilines is 2. The molecule has 0 radical (unpaired) electrons. The van der Waals surface area contributed by atoms with E-state index in [2.05, 4.69) is 41.1 Å². The van der Waals surface area contributed by atoms with Crippen LogP contribution >= 0.6 is 0 Å². The van der Waals surface area contributed by atoms with Crippen LogP contribution in [0.15, 0.2) is 0 Å². The van der Waals surface area contributed by atoms with Gasteiger partial charge in [0.1, 0.15) is 17.5 Å². The van der Waals surface area contributed by atoms with E-state index in [0.717, 1.165) is 29.6 Å². The van der Waals surface area contributed by atoms with Crippen LogP contribution in [0.25, 0.3) is 0 Å². The SMILES string of the molecule is CCNc1nc(C)nc(N(C)C2CCC2)c1C. The van der Waals surface area contributed by atoms with Crippen LogP contribution in [0.2, 0.25) is 0 Å². The van der Waals surface area contributed by atoms with Gasteiger partial charge in [-0.15, -0.1) is 0 Å². The van der Waals surface area contributed by atoms with Crippen molar-refractivity contribution in [2.24, 2.45) is 0 Å². The van der Waals surface area contributed by atoms with Gasteiger partial charge in [0.25, 0.3) is 0 Å². The van der Waals surface area contributed by atoms with Crippen LogP contribution in [0, 0.1) is 13.8 Å². The number of aromatic nitrogens is 2. The van der Waals surface area contributed by atoms with Gasteiger partial charge >= 0.3 is 0 Å². The number of aryl methyl sites for hydroxylation is 1. The van der Waals surface area contributed by atoms with E-state index in [4.69, 9.17) is 0 Å². The molecule has 0 spiro atoms. The molecule has 1 aliphatic rings. The van der Waals surface area contributed by atoms with E-state index in [1.807, 2.05) is 6.92 Å². The van der Waals surface area contributed by atoms with Gasteiger partial charge in [0.2, 0.25) is 0 Å². The highest BCUT2D eigenvalue weighted by Gasteiger charge is 2.25. The van der Waals surface area contributed by atoms with E-state index in [0.29, 0.717) is 6.04 Å². The highest BCUT2D eigenvalue weighted by molar-refractivity contribution is 5.58. The second-order valence-corrected chi connectivity index (χ2v) is 4.79. The first-order valence-corrected chi connectivity index (χ1v) is 6.45. The molecular weight excluding hydrogens is 212 g/mol. The normalized spacial score (nSPS) is 15.5. The maximum Gasteiger partial charge on any atom is 0.137 e. The predicted molar refractivity (Wildman–Crippen MR) is 71.7 cm³/mol. The average Bonchev–Trinajstić information content (AvgIpc) is 2.20. The van der Waals surface area contributed by atoms with Gasteiger partial charge in [0, 0.05) is 25.2 Å². The Morgan fingerprint density at radius 2 is 2.00 bits per heavy atom. The topological polar surface area (TPSA) is 41.1 Å². The van der Waals surface area contributed by atoms with Gasteiger partial charge in [-0.05, 0) is 40.0 Å². The molecule has 0 aromatic carbocycles. The van der Waals surface area contributed by atoms with E-state index in [1.54, 1.807) is 0 Å². The Morgan fingerprint density at radius 1 is 1.29 bits per heavy atom. The zero-order valence-electron chi connectivity index (χ0n) is 11.2. The fourth-order valence-electron chi connectivity index (χ4n) is 2.24. The molecule has 0 amide bonds. The molecule has 1 saturated carbocycles. The van der Waals surface area contributed by atoms with Gasteiger partial charge in [-0.2, -0.15) is 0 Å². The predicted octanol–water partition coefficient (Wildman–Crippen LogP) is 2.51. The molecule has 1 aromatic rings. The summed E-state index contributed by atoms with van der Waals surface area (Å²) in [5, 5.41) is 3.31. The third-order valence-corrected chi connectivity index (χ3v) is 3.53. The number of nitrogens with zero attached hydrogens (tertiary/aromatic N) is 3.